The molecule has 114 valence electrons. The van der Waals surface area contributed by atoms with Gasteiger partial charge in [0.15, 0.2) is 0 Å². The molecule has 2 aliphatic carbocycles. The molecule has 3 heteroatoms. The van der Waals surface area contributed by atoms with Gasteiger partial charge in [0.1, 0.15) is 0 Å². The first kappa shape index (κ1) is 15.6. The first-order valence-corrected chi connectivity index (χ1v) is 8.04. The van der Waals surface area contributed by atoms with Gasteiger partial charge in [0.05, 0.1) is 6.04 Å². The number of rotatable bonds is 6. The molecule has 0 heterocycles. The zero-order valence-corrected chi connectivity index (χ0v) is 13.6. The highest BCUT2D eigenvalue weighted by Gasteiger charge is 2.39. The van der Waals surface area contributed by atoms with Crippen LogP contribution < -0.4 is 5.32 Å². The predicted molar refractivity (Wildman–Crippen MR) is 83.4 cm³/mol. The van der Waals surface area contributed by atoms with E-state index in [1.165, 1.54) is 12.8 Å². The second-order valence-corrected chi connectivity index (χ2v) is 7.31. The summed E-state index contributed by atoms with van der Waals surface area (Å²) >= 11 is 0. The number of carbonyl (C=O) groups excluding carboxylic acids is 1. The lowest BCUT2D eigenvalue weighted by Gasteiger charge is -2.31. The van der Waals surface area contributed by atoms with Crippen LogP contribution in [0.2, 0.25) is 0 Å². The third-order valence-corrected chi connectivity index (χ3v) is 4.88. The summed E-state index contributed by atoms with van der Waals surface area (Å²) < 4.78 is 0. The van der Waals surface area contributed by atoms with Gasteiger partial charge in [0.25, 0.3) is 0 Å². The Morgan fingerprint density at radius 1 is 1.25 bits per heavy atom. The van der Waals surface area contributed by atoms with Crippen LogP contribution in [0, 0.1) is 23.7 Å². The molecule has 0 radical (unpaired) electrons. The van der Waals surface area contributed by atoms with E-state index < -0.39 is 0 Å². The molecule has 0 aromatic heterocycles. The lowest BCUT2D eigenvalue weighted by Crippen LogP contribution is -2.50. The number of nitrogens with one attached hydrogen (secondary N) is 1. The molecule has 0 aromatic carbocycles. The number of hydrogen-bond donors (Lipinski definition) is 1. The zero-order valence-electron chi connectivity index (χ0n) is 13.6. The van der Waals surface area contributed by atoms with Crippen LogP contribution in [0.15, 0.2) is 12.2 Å². The Labute approximate surface area is 123 Å². The Balaban J connectivity index is 1.96. The second-order valence-electron chi connectivity index (χ2n) is 7.31. The van der Waals surface area contributed by atoms with Gasteiger partial charge in [-0.2, -0.15) is 0 Å². The summed E-state index contributed by atoms with van der Waals surface area (Å²) in [5, 5.41) is 3.63. The average Bonchev–Trinajstić information content (AvgIpc) is 2.98. The fourth-order valence-corrected chi connectivity index (χ4v) is 3.86. The van der Waals surface area contributed by atoms with Crippen molar-refractivity contribution in [2.45, 2.75) is 52.1 Å². The van der Waals surface area contributed by atoms with Crippen molar-refractivity contribution in [3.8, 4) is 0 Å². The monoisotopic (exact) mass is 278 g/mol. The van der Waals surface area contributed by atoms with Gasteiger partial charge in [-0.05, 0) is 49.9 Å². The van der Waals surface area contributed by atoms with Crippen LogP contribution in [-0.2, 0) is 4.79 Å². The van der Waals surface area contributed by atoms with Crippen molar-refractivity contribution in [3.05, 3.63) is 12.2 Å². The second kappa shape index (κ2) is 6.30. The summed E-state index contributed by atoms with van der Waals surface area (Å²) in [5.41, 5.74) is 0. The molecule has 20 heavy (non-hydrogen) atoms. The van der Waals surface area contributed by atoms with E-state index in [1.807, 2.05) is 14.1 Å². The molecular formula is C17H30N2O. The van der Waals surface area contributed by atoms with Gasteiger partial charge in [0.2, 0.25) is 5.91 Å². The van der Waals surface area contributed by atoms with Crippen molar-refractivity contribution < 1.29 is 4.79 Å². The van der Waals surface area contributed by atoms with Crippen LogP contribution in [0.5, 0.6) is 0 Å². The van der Waals surface area contributed by atoms with E-state index in [0.29, 0.717) is 17.9 Å². The van der Waals surface area contributed by atoms with Gasteiger partial charge in [0, 0.05) is 20.1 Å². The lowest BCUT2D eigenvalue weighted by atomic mass is 9.86. The molecule has 0 aromatic rings. The third kappa shape index (κ3) is 3.43. The number of allylic oxidation sites excluding steroid dienone is 2. The van der Waals surface area contributed by atoms with E-state index in [9.17, 15) is 4.79 Å². The molecule has 1 N–H and O–H groups in total. The smallest absolute Gasteiger partial charge is 0.239 e. The summed E-state index contributed by atoms with van der Waals surface area (Å²) in [6.45, 7) is 6.63. The van der Waals surface area contributed by atoms with Crippen LogP contribution in [0.25, 0.3) is 0 Å². The van der Waals surface area contributed by atoms with Crippen molar-refractivity contribution >= 4 is 5.91 Å². The highest BCUT2D eigenvalue weighted by molar-refractivity contribution is 5.81. The van der Waals surface area contributed by atoms with Crippen LogP contribution in [-0.4, -0.2) is 37.0 Å². The maximum absolute atomic E-state index is 12.3. The maximum atomic E-state index is 12.3. The molecule has 2 bridgehead atoms. The zero-order chi connectivity index (χ0) is 14.9. The molecule has 0 saturated heterocycles. The van der Waals surface area contributed by atoms with Crippen molar-refractivity contribution in [3.63, 3.8) is 0 Å². The SMILES string of the molecule is CC(C)CC(NC(C)C1CC2C=CC1C2)C(=O)N(C)C. The highest BCUT2D eigenvalue weighted by atomic mass is 16.2. The molecule has 1 fully saturated rings. The van der Waals surface area contributed by atoms with Crippen LogP contribution in [0.1, 0.15) is 40.0 Å². The Morgan fingerprint density at radius 3 is 2.40 bits per heavy atom. The molecule has 1 saturated carbocycles. The summed E-state index contributed by atoms with van der Waals surface area (Å²) in [6, 6.07) is 0.380. The van der Waals surface area contributed by atoms with Gasteiger partial charge in [-0.3, -0.25) is 4.79 Å². The van der Waals surface area contributed by atoms with Crippen LogP contribution in [0.4, 0.5) is 0 Å². The van der Waals surface area contributed by atoms with E-state index in [-0.39, 0.29) is 11.9 Å². The largest absolute Gasteiger partial charge is 0.347 e. The number of fused-ring (bicyclic) bond motifs is 2. The first-order valence-electron chi connectivity index (χ1n) is 8.04. The number of amides is 1. The molecule has 2 aliphatic rings. The van der Waals surface area contributed by atoms with Gasteiger partial charge in [-0.1, -0.05) is 26.0 Å². The quantitative estimate of drug-likeness (QED) is 0.758. The van der Waals surface area contributed by atoms with E-state index in [1.54, 1.807) is 4.90 Å². The maximum Gasteiger partial charge on any atom is 0.239 e. The van der Waals surface area contributed by atoms with Gasteiger partial charge >= 0.3 is 0 Å². The Morgan fingerprint density at radius 2 is 1.95 bits per heavy atom. The predicted octanol–water partition coefficient (Wildman–Crippen LogP) is 2.68. The van der Waals surface area contributed by atoms with E-state index >= 15 is 0 Å². The molecule has 0 aliphatic heterocycles. The van der Waals surface area contributed by atoms with E-state index in [2.05, 4.69) is 38.2 Å². The molecular weight excluding hydrogens is 248 g/mol. The van der Waals surface area contributed by atoms with Crippen LogP contribution >= 0.6 is 0 Å². The minimum atomic E-state index is -0.0388. The fourth-order valence-electron chi connectivity index (χ4n) is 3.86. The van der Waals surface area contributed by atoms with Crippen molar-refractivity contribution in [1.82, 2.24) is 10.2 Å². The van der Waals surface area contributed by atoms with E-state index in [0.717, 1.165) is 18.3 Å². The number of carbonyl (C=O) groups is 1. The number of hydrogen-bond acceptors (Lipinski definition) is 2. The van der Waals surface area contributed by atoms with Crippen molar-refractivity contribution in [1.29, 1.82) is 0 Å². The standard InChI is InChI=1S/C17H30N2O/c1-11(2)8-16(17(20)19(4)5)18-12(3)15-10-13-6-7-14(15)9-13/h6-7,11-16,18H,8-10H2,1-5H3. The number of likely N-dealkylation sites (N-methyl/N-ethyl adjacent to an activating group) is 1. The summed E-state index contributed by atoms with van der Waals surface area (Å²) in [5.74, 6) is 2.97. The minimum absolute atomic E-state index is 0.0388. The highest BCUT2D eigenvalue weighted by Crippen LogP contribution is 2.44. The first-order chi connectivity index (χ1) is 9.38. The molecule has 2 rings (SSSR count). The Bertz CT molecular complexity index is 375. The Hall–Kier alpha value is -0.830. The third-order valence-electron chi connectivity index (χ3n) is 4.88. The topological polar surface area (TPSA) is 32.3 Å². The minimum Gasteiger partial charge on any atom is -0.347 e. The van der Waals surface area contributed by atoms with Crippen LogP contribution in [0.3, 0.4) is 0 Å². The lowest BCUT2D eigenvalue weighted by molar-refractivity contribution is -0.131. The molecule has 1 amide bonds. The van der Waals surface area contributed by atoms with Gasteiger partial charge < -0.3 is 10.2 Å². The summed E-state index contributed by atoms with van der Waals surface area (Å²) in [4.78, 5) is 14.1. The van der Waals surface area contributed by atoms with E-state index in [4.69, 9.17) is 0 Å². The molecule has 5 unspecified atom stereocenters. The fraction of sp³-hybridized carbons (Fsp3) is 0.824. The van der Waals surface area contributed by atoms with Gasteiger partial charge in [-0.15, -0.1) is 0 Å². The number of nitrogens with zero attached hydrogens (tertiary/aromatic N) is 1. The molecule has 3 nitrogen and oxygen atoms in total. The summed E-state index contributed by atoms with van der Waals surface area (Å²) in [7, 11) is 3.70. The molecule has 0 spiro atoms. The Kier molecular flexibility index (Phi) is 4.90. The van der Waals surface area contributed by atoms with Crippen molar-refractivity contribution in [2.75, 3.05) is 14.1 Å². The average molecular weight is 278 g/mol. The summed E-state index contributed by atoms with van der Waals surface area (Å²) in [6.07, 6.45) is 8.30. The van der Waals surface area contributed by atoms with Crippen molar-refractivity contribution in [2.24, 2.45) is 23.7 Å². The molecule has 5 atom stereocenters. The normalized spacial score (nSPS) is 30.8. The van der Waals surface area contributed by atoms with Gasteiger partial charge in [-0.25, -0.2) is 0 Å².